The first-order chi connectivity index (χ1) is 8.74. The SMILES string of the molecule is CCCN(c1ccccc1)c1ncnc(S)c1N. The monoisotopic (exact) mass is 260 g/mol. The molecule has 4 nitrogen and oxygen atoms in total. The van der Waals surface area contributed by atoms with Crippen molar-refractivity contribution < 1.29 is 0 Å². The van der Waals surface area contributed by atoms with Crippen LogP contribution < -0.4 is 10.6 Å². The predicted molar refractivity (Wildman–Crippen MR) is 77.4 cm³/mol. The Morgan fingerprint density at radius 1 is 1.22 bits per heavy atom. The van der Waals surface area contributed by atoms with Crippen molar-refractivity contribution in [2.24, 2.45) is 0 Å². The fourth-order valence-corrected chi connectivity index (χ4v) is 1.93. The minimum Gasteiger partial charge on any atom is -0.394 e. The zero-order valence-electron chi connectivity index (χ0n) is 10.2. The predicted octanol–water partition coefficient (Wildman–Crippen LogP) is 2.90. The van der Waals surface area contributed by atoms with Gasteiger partial charge >= 0.3 is 0 Å². The van der Waals surface area contributed by atoms with Gasteiger partial charge in [0.05, 0.1) is 0 Å². The third-order valence-electron chi connectivity index (χ3n) is 2.61. The molecule has 0 saturated carbocycles. The van der Waals surface area contributed by atoms with Crippen molar-refractivity contribution in [2.75, 3.05) is 17.2 Å². The van der Waals surface area contributed by atoms with E-state index in [1.165, 1.54) is 6.33 Å². The number of thiol groups is 1. The zero-order chi connectivity index (χ0) is 13.0. The van der Waals surface area contributed by atoms with Crippen molar-refractivity contribution >= 4 is 29.8 Å². The third kappa shape index (κ3) is 2.56. The van der Waals surface area contributed by atoms with Gasteiger partial charge in [0.1, 0.15) is 17.0 Å². The van der Waals surface area contributed by atoms with Crippen LogP contribution in [-0.4, -0.2) is 16.5 Å². The summed E-state index contributed by atoms with van der Waals surface area (Å²) in [6.07, 6.45) is 2.49. The van der Waals surface area contributed by atoms with Crippen LogP contribution in [0.25, 0.3) is 0 Å². The maximum atomic E-state index is 6.01. The topological polar surface area (TPSA) is 55.0 Å². The van der Waals surface area contributed by atoms with Gasteiger partial charge in [-0.2, -0.15) is 0 Å². The fraction of sp³-hybridized carbons (Fsp3) is 0.231. The highest BCUT2D eigenvalue weighted by Crippen LogP contribution is 2.30. The first-order valence-corrected chi connectivity index (χ1v) is 6.30. The van der Waals surface area contributed by atoms with Crippen molar-refractivity contribution in [3.63, 3.8) is 0 Å². The number of anilines is 3. The van der Waals surface area contributed by atoms with E-state index < -0.39 is 0 Å². The molecule has 5 heteroatoms. The summed E-state index contributed by atoms with van der Waals surface area (Å²) in [6.45, 7) is 2.97. The molecule has 0 atom stereocenters. The molecule has 0 unspecified atom stereocenters. The Bertz CT molecular complexity index is 516. The van der Waals surface area contributed by atoms with Crippen molar-refractivity contribution in [1.82, 2.24) is 9.97 Å². The Balaban J connectivity index is 2.45. The Morgan fingerprint density at radius 2 is 1.94 bits per heavy atom. The molecule has 0 aliphatic rings. The van der Waals surface area contributed by atoms with Gasteiger partial charge in [-0.25, -0.2) is 9.97 Å². The van der Waals surface area contributed by atoms with Crippen LogP contribution in [0.3, 0.4) is 0 Å². The Hall–Kier alpha value is -1.75. The highest BCUT2D eigenvalue weighted by Gasteiger charge is 2.14. The maximum absolute atomic E-state index is 6.01. The highest BCUT2D eigenvalue weighted by molar-refractivity contribution is 7.80. The first kappa shape index (κ1) is 12.7. The zero-order valence-corrected chi connectivity index (χ0v) is 11.1. The van der Waals surface area contributed by atoms with Crippen LogP contribution in [0.15, 0.2) is 41.7 Å². The number of nitrogens with two attached hydrogens (primary N) is 1. The van der Waals surface area contributed by atoms with Gasteiger partial charge in [-0.1, -0.05) is 25.1 Å². The van der Waals surface area contributed by atoms with Gasteiger partial charge in [-0.05, 0) is 18.6 Å². The van der Waals surface area contributed by atoms with Gasteiger partial charge < -0.3 is 10.6 Å². The molecule has 1 aromatic carbocycles. The molecule has 2 N–H and O–H groups in total. The average molecular weight is 260 g/mol. The first-order valence-electron chi connectivity index (χ1n) is 5.86. The summed E-state index contributed by atoms with van der Waals surface area (Å²) in [7, 11) is 0. The average Bonchev–Trinajstić information content (AvgIpc) is 2.41. The number of aromatic nitrogens is 2. The van der Waals surface area contributed by atoms with Crippen LogP contribution in [0.5, 0.6) is 0 Å². The molecule has 0 bridgehead atoms. The van der Waals surface area contributed by atoms with Gasteiger partial charge in [0, 0.05) is 12.2 Å². The standard InChI is InChI=1S/C13H16N4S/c1-2-8-17(10-6-4-3-5-7-10)12-11(14)13(18)16-9-15-12/h3-7,9H,2,8,14H2,1H3,(H,15,16,18). The summed E-state index contributed by atoms with van der Waals surface area (Å²) in [4.78, 5) is 10.3. The second kappa shape index (κ2) is 5.73. The number of hydrogen-bond donors (Lipinski definition) is 2. The molecular weight excluding hydrogens is 244 g/mol. The molecule has 0 spiro atoms. The van der Waals surface area contributed by atoms with Crippen LogP contribution in [0.2, 0.25) is 0 Å². The smallest absolute Gasteiger partial charge is 0.160 e. The van der Waals surface area contributed by atoms with Gasteiger partial charge in [0.15, 0.2) is 5.82 Å². The summed E-state index contributed by atoms with van der Waals surface area (Å²) >= 11 is 4.24. The molecule has 0 saturated heterocycles. The van der Waals surface area contributed by atoms with Crippen LogP contribution in [0.4, 0.5) is 17.2 Å². The molecule has 2 rings (SSSR count). The van der Waals surface area contributed by atoms with E-state index in [1.807, 2.05) is 30.3 Å². The minimum absolute atomic E-state index is 0.511. The molecule has 2 aromatic rings. The van der Waals surface area contributed by atoms with Crippen LogP contribution in [0.1, 0.15) is 13.3 Å². The largest absolute Gasteiger partial charge is 0.394 e. The van der Waals surface area contributed by atoms with Crippen molar-refractivity contribution in [1.29, 1.82) is 0 Å². The van der Waals surface area contributed by atoms with E-state index in [9.17, 15) is 0 Å². The normalized spacial score (nSPS) is 10.3. The molecule has 0 aliphatic carbocycles. The summed E-state index contributed by atoms with van der Waals surface area (Å²) in [5, 5.41) is 0.511. The second-order valence-corrected chi connectivity index (χ2v) is 4.35. The van der Waals surface area contributed by atoms with Gasteiger partial charge in [0.25, 0.3) is 0 Å². The molecule has 0 fully saturated rings. The quantitative estimate of drug-likeness (QED) is 0.655. The molecule has 94 valence electrons. The molecule has 1 heterocycles. The molecule has 1 aromatic heterocycles. The van der Waals surface area contributed by atoms with E-state index in [0.29, 0.717) is 16.5 Å². The van der Waals surface area contributed by atoms with E-state index in [0.717, 1.165) is 18.7 Å². The van der Waals surface area contributed by atoms with E-state index in [-0.39, 0.29) is 0 Å². The lowest BCUT2D eigenvalue weighted by atomic mass is 10.2. The lowest BCUT2D eigenvalue weighted by Crippen LogP contribution is -2.20. The van der Waals surface area contributed by atoms with Gasteiger partial charge in [-0.15, -0.1) is 12.6 Å². The number of rotatable bonds is 4. The third-order valence-corrected chi connectivity index (χ3v) is 2.97. The number of nitrogens with zero attached hydrogens (tertiary/aromatic N) is 3. The van der Waals surface area contributed by atoms with Crippen LogP contribution >= 0.6 is 12.6 Å². The minimum atomic E-state index is 0.511. The lowest BCUT2D eigenvalue weighted by molar-refractivity contribution is 0.863. The van der Waals surface area contributed by atoms with Crippen molar-refractivity contribution in [3.8, 4) is 0 Å². The van der Waals surface area contributed by atoms with Crippen LogP contribution in [0, 0.1) is 0 Å². The van der Waals surface area contributed by atoms with E-state index in [4.69, 9.17) is 5.73 Å². The summed E-state index contributed by atoms with van der Waals surface area (Å²) in [5.41, 5.74) is 7.59. The number of para-hydroxylation sites is 1. The van der Waals surface area contributed by atoms with Crippen molar-refractivity contribution in [3.05, 3.63) is 36.7 Å². The van der Waals surface area contributed by atoms with Crippen molar-refractivity contribution in [2.45, 2.75) is 18.4 Å². The van der Waals surface area contributed by atoms with E-state index >= 15 is 0 Å². The Labute approximate surface area is 112 Å². The van der Waals surface area contributed by atoms with Gasteiger partial charge in [-0.3, -0.25) is 0 Å². The van der Waals surface area contributed by atoms with Gasteiger partial charge in [0.2, 0.25) is 0 Å². The summed E-state index contributed by atoms with van der Waals surface area (Å²) in [5.74, 6) is 0.711. The second-order valence-electron chi connectivity index (χ2n) is 3.92. The molecule has 0 aliphatic heterocycles. The molecule has 18 heavy (non-hydrogen) atoms. The number of benzene rings is 1. The van der Waals surface area contributed by atoms with E-state index in [2.05, 4.69) is 34.4 Å². The number of nitrogen functional groups attached to an aromatic ring is 1. The summed E-state index contributed by atoms with van der Waals surface area (Å²) in [6, 6.07) is 10.1. The lowest BCUT2D eigenvalue weighted by Gasteiger charge is -2.24. The number of hydrogen-bond acceptors (Lipinski definition) is 5. The maximum Gasteiger partial charge on any atom is 0.160 e. The van der Waals surface area contributed by atoms with E-state index in [1.54, 1.807) is 0 Å². The molecule has 0 amide bonds. The highest BCUT2D eigenvalue weighted by atomic mass is 32.1. The summed E-state index contributed by atoms with van der Waals surface area (Å²) < 4.78 is 0. The Morgan fingerprint density at radius 3 is 2.61 bits per heavy atom. The Kier molecular flexibility index (Phi) is 4.04. The molecule has 0 radical (unpaired) electrons. The molecular formula is C13H16N4S. The fourth-order valence-electron chi connectivity index (χ4n) is 1.78. The van der Waals surface area contributed by atoms with Crippen LogP contribution in [-0.2, 0) is 0 Å².